The lowest BCUT2D eigenvalue weighted by Gasteiger charge is -2.24. The number of nitrogens with zero attached hydrogens (tertiary/aromatic N) is 1. The fourth-order valence-corrected chi connectivity index (χ4v) is 5.62. The summed E-state index contributed by atoms with van der Waals surface area (Å²) in [4.78, 5) is 26.7. The first kappa shape index (κ1) is 20.6. The summed E-state index contributed by atoms with van der Waals surface area (Å²) in [5.74, 6) is 0.0507. The van der Waals surface area contributed by atoms with Crippen molar-refractivity contribution < 1.29 is 22.7 Å². The van der Waals surface area contributed by atoms with E-state index in [-0.39, 0.29) is 54.5 Å². The molecule has 3 rings (SSSR count). The SMILES string of the molecule is CC(C)Oc1ccccc1[C@H](C)NC(=O)[C@@H]1CC(=O)N([C@@H]2CCS(=O)(=O)C2)C1. The highest BCUT2D eigenvalue weighted by molar-refractivity contribution is 7.91. The molecule has 2 amide bonds. The number of para-hydroxylation sites is 1. The molecule has 0 unspecified atom stereocenters. The Morgan fingerprint density at radius 1 is 1.25 bits per heavy atom. The molecule has 2 saturated heterocycles. The third kappa shape index (κ3) is 4.66. The van der Waals surface area contributed by atoms with E-state index >= 15 is 0 Å². The predicted octanol–water partition coefficient (Wildman–Crippen LogP) is 1.69. The van der Waals surface area contributed by atoms with E-state index in [0.29, 0.717) is 6.42 Å². The van der Waals surface area contributed by atoms with Crippen molar-refractivity contribution in [3.8, 4) is 5.75 Å². The first-order chi connectivity index (χ1) is 13.2. The minimum absolute atomic E-state index is 0.00337. The molecule has 8 heteroatoms. The highest BCUT2D eigenvalue weighted by atomic mass is 32.2. The number of hydrogen-bond acceptors (Lipinski definition) is 5. The van der Waals surface area contributed by atoms with Crippen molar-refractivity contribution in [1.82, 2.24) is 10.2 Å². The molecule has 2 aliphatic rings. The van der Waals surface area contributed by atoms with Gasteiger partial charge in [0.15, 0.2) is 9.84 Å². The summed E-state index contributed by atoms with van der Waals surface area (Å²) < 4.78 is 29.2. The van der Waals surface area contributed by atoms with Crippen LogP contribution in [0.1, 0.15) is 45.2 Å². The molecule has 0 saturated carbocycles. The Kier molecular flexibility index (Phi) is 5.98. The monoisotopic (exact) mass is 408 g/mol. The summed E-state index contributed by atoms with van der Waals surface area (Å²) in [7, 11) is -3.07. The Balaban J connectivity index is 1.63. The first-order valence-electron chi connectivity index (χ1n) is 9.72. The maximum absolute atomic E-state index is 12.7. The van der Waals surface area contributed by atoms with Crippen molar-refractivity contribution in [2.45, 2.75) is 51.8 Å². The summed E-state index contributed by atoms with van der Waals surface area (Å²) in [5.41, 5.74) is 0.882. The van der Waals surface area contributed by atoms with Crippen molar-refractivity contribution in [3.05, 3.63) is 29.8 Å². The standard InChI is InChI=1S/C20H28N2O5S/c1-13(2)27-18-7-5-4-6-17(18)14(3)21-20(24)15-10-19(23)22(11-15)16-8-9-28(25,26)12-16/h4-7,13-16H,8-12H2,1-3H3,(H,21,24)/t14-,15+,16+/m0/s1. The summed E-state index contributed by atoms with van der Waals surface area (Å²) in [6.45, 7) is 6.06. The van der Waals surface area contributed by atoms with E-state index in [0.717, 1.165) is 11.3 Å². The number of carbonyl (C=O) groups excluding carboxylic acids is 2. The minimum atomic E-state index is -3.07. The molecule has 2 heterocycles. The Morgan fingerprint density at radius 3 is 2.61 bits per heavy atom. The van der Waals surface area contributed by atoms with Crippen LogP contribution < -0.4 is 10.1 Å². The molecular weight excluding hydrogens is 380 g/mol. The number of carbonyl (C=O) groups is 2. The molecule has 1 N–H and O–H groups in total. The smallest absolute Gasteiger partial charge is 0.225 e. The van der Waals surface area contributed by atoms with Gasteiger partial charge in [-0.1, -0.05) is 18.2 Å². The van der Waals surface area contributed by atoms with Gasteiger partial charge < -0.3 is 15.0 Å². The molecule has 3 atom stereocenters. The molecule has 0 bridgehead atoms. The summed E-state index contributed by atoms with van der Waals surface area (Å²) in [5, 5.41) is 2.98. The van der Waals surface area contributed by atoms with Gasteiger partial charge in [-0.15, -0.1) is 0 Å². The van der Waals surface area contributed by atoms with E-state index in [1.807, 2.05) is 45.0 Å². The fourth-order valence-electron chi connectivity index (χ4n) is 3.89. The van der Waals surface area contributed by atoms with Gasteiger partial charge in [0.25, 0.3) is 0 Å². The number of ether oxygens (including phenoxy) is 1. The van der Waals surface area contributed by atoms with Gasteiger partial charge in [0, 0.05) is 24.6 Å². The number of hydrogen-bond donors (Lipinski definition) is 1. The molecular formula is C20H28N2O5S. The zero-order valence-corrected chi connectivity index (χ0v) is 17.4. The van der Waals surface area contributed by atoms with Crippen LogP contribution in [-0.4, -0.2) is 55.3 Å². The molecule has 0 spiro atoms. The second-order valence-electron chi connectivity index (χ2n) is 7.94. The molecule has 154 valence electrons. The number of benzene rings is 1. The van der Waals surface area contributed by atoms with E-state index in [1.165, 1.54) is 0 Å². The molecule has 1 aromatic rings. The van der Waals surface area contributed by atoms with Crippen molar-refractivity contribution in [3.63, 3.8) is 0 Å². The summed E-state index contributed by atoms with van der Waals surface area (Å²) in [6.07, 6.45) is 0.602. The van der Waals surface area contributed by atoms with E-state index < -0.39 is 15.8 Å². The van der Waals surface area contributed by atoms with Crippen LogP contribution in [0, 0.1) is 5.92 Å². The Hall–Kier alpha value is -2.09. The van der Waals surface area contributed by atoms with Gasteiger partial charge in [0.1, 0.15) is 5.75 Å². The zero-order chi connectivity index (χ0) is 20.5. The highest BCUT2D eigenvalue weighted by Gasteiger charge is 2.42. The van der Waals surface area contributed by atoms with Gasteiger partial charge in [-0.05, 0) is 33.3 Å². The van der Waals surface area contributed by atoms with Gasteiger partial charge in [-0.25, -0.2) is 8.42 Å². The largest absolute Gasteiger partial charge is 0.491 e. The molecule has 0 radical (unpaired) electrons. The van der Waals surface area contributed by atoms with Crippen LogP contribution in [-0.2, 0) is 19.4 Å². The van der Waals surface area contributed by atoms with Gasteiger partial charge in [-0.2, -0.15) is 0 Å². The minimum Gasteiger partial charge on any atom is -0.491 e. The van der Waals surface area contributed by atoms with E-state index in [4.69, 9.17) is 4.74 Å². The third-order valence-electron chi connectivity index (χ3n) is 5.29. The second-order valence-corrected chi connectivity index (χ2v) is 10.2. The first-order valence-corrected chi connectivity index (χ1v) is 11.5. The van der Waals surface area contributed by atoms with Crippen LogP contribution in [0.5, 0.6) is 5.75 Å². The average molecular weight is 409 g/mol. The number of nitrogens with one attached hydrogen (secondary N) is 1. The quantitative estimate of drug-likeness (QED) is 0.773. The predicted molar refractivity (Wildman–Crippen MR) is 106 cm³/mol. The van der Waals surface area contributed by atoms with Gasteiger partial charge in [0.2, 0.25) is 11.8 Å². The average Bonchev–Trinajstić information content (AvgIpc) is 3.16. The third-order valence-corrected chi connectivity index (χ3v) is 7.04. The van der Waals surface area contributed by atoms with E-state index in [2.05, 4.69) is 5.32 Å². The normalized spacial score (nSPS) is 25.1. The topological polar surface area (TPSA) is 92.8 Å². The summed E-state index contributed by atoms with van der Waals surface area (Å²) in [6, 6.07) is 7.01. The molecule has 2 fully saturated rings. The van der Waals surface area contributed by atoms with Crippen LogP contribution >= 0.6 is 0 Å². The lowest BCUT2D eigenvalue weighted by Crippen LogP contribution is -2.39. The zero-order valence-electron chi connectivity index (χ0n) is 16.6. The molecule has 1 aromatic carbocycles. The fraction of sp³-hybridized carbons (Fsp3) is 0.600. The highest BCUT2D eigenvalue weighted by Crippen LogP contribution is 2.29. The van der Waals surface area contributed by atoms with Gasteiger partial charge >= 0.3 is 0 Å². The second kappa shape index (κ2) is 8.11. The number of likely N-dealkylation sites (tertiary alicyclic amines) is 1. The van der Waals surface area contributed by atoms with Gasteiger partial charge in [-0.3, -0.25) is 9.59 Å². The van der Waals surface area contributed by atoms with E-state index in [9.17, 15) is 18.0 Å². The number of amides is 2. The lowest BCUT2D eigenvalue weighted by atomic mass is 10.0. The summed E-state index contributed by atoms with van der Waals surface area (Å²) >= 11 is 0. The van der Waals surface area contributed by atoms with Crippen molar-refractivity contribution >= 4 is 21.7 Å². The van der Waals surface area contributed by atoms with Crippen LogP contribution in [0.2, 0.25) is 0 Å². The number of rotatable bonds is 6. The maximum Gasteiger partial charge on any atom is 0.225 e. The van der Waals surface area contributed by atoms with Crippen LogP contribution in [0.3, 0.4) is 0 Å². The van der Waals surface area contributed by atoms with Crippen molar-refractivity contribution in [2.75, 3.05) is 18.1 Å². The van der Waals surface area contributed by atoms with Crippen molar-refractivity contribution in [2.24, 2.45) is 5.92 Å². The Labute approximate surface area is 166 Å². The van der Waals surface area contributed by atoms with Crippen LogP contribution in [0.4, 0.5) is 0 Å². The van der Waals surface area contributed by atoms with Crippen LogP contribution in [0.25, 0.3) is 0 Å². The maximum atomic E-state index is 12.7. The Morgan fingerprint density at radius 2 is 1.96 bits per heavy atom. The number of sulfone groups is 1. The molecule has 2 aliphatic heterocycles. The van der Waals surface area contributed by atoms with Crippen molar-refractivity contribution in [1.29, 1.82) is 0 Å². The molecule has 0 aromatic heterocycles. The molecule has 28 heavy (non-hydrogen) atoms. The molecule has 0 aliphatic carbocycles. The Bertz CT molecular complexity index is 852. The lowest BCUT2D eigenvalue weighted by molar-refractivity contribution is -0.130. The van der Waals surface area contributed by atoms with Crippen LogP contribution in [0.15, 0.2) is 24.3 Å². The van der Waals surface area contributed by atoms with E-state index in [1.54, 1.807) is 4.90 Å². The molecule has 7 nitrogen and oxygen atoms in total. The van der Waals surface area contributed by atoms with Gasteiger partial charge in [0.05, 0.1) is 29.6 Å².